The minimum absolute atomic E-state index is 0.157. The summed E-state index contributed by atoms with van der Waals surface area (Å²) < 4.78 is 30.0. The number of benzene rings is 1. The molecule has 1 atom stereocenters. The SMILES string of the molecule is COc1ccc(C(N)F)c(F)c1. The van der Waals surface area contributed by atoms with Gasteiger partial charge in [0.2, 0.25) is 0 Å². The summed E-state index contributed by atoms with van der Waals surface area (Å²) in [6.45, 7) is 0. The van der Waals surface area contributed by atoms with Gasteiger partial charge in [0.15, 0.2) is 6.30 Å². The van der Waals surface area contributed by atoms with Gasteiger partial charge in [-0.1, -0.05) is 0 Å². The van der Waals surface area contributed by atoms with Crippen LogP contribution in [-0.4, -0.2) is 7.11 Å². The first-order chi connectivity index (χ1) is 5.65. The molecule has 2 nitrogen and oxygen atoms in total. The highest BCUT2D eigenvalue weighted by Crippen LogP contribution is 2.20. The van der Waals surface area contributed by atoms with Gasteiger partial charge in [0, 0.05) is 11.6 Å². The Morgan fingerprint density at radius 3 is 2.58 bits per heavy atom. The molecular weight excluding hydrogens is 164 g/mol. The maximum atomic E-state index is 12.9. The number of nitrogens with two attached hydrogens (primary N) is 1. The van der Waals surface area contributed by atoms with Crippen LogP contribution in [0.25, 0.3) is 0 Å². The first kappa shape index (κ1) is 8.93. The Balaban J connectivity index is 3.03. The molecule has 4 heteroatoms. The Labute approximate surface area is 68.9 Å². The summed E-state index contributed by atoms with van der Waals surface area (Å²) >= 11 is 0. The molecular formula is C8H9F2NO. The van der Waals surface area contributed by atoms with Crippen molar-refractivity contribution in [2.24, 2.45) is 5.73 Å². The molecule has 0 spiro atoms. The molecule has 0 aromatic heterocycles. The third kappa shape index (κ3) is 1.71. The van der Waals surface area contributed by atoms with E-state index in [1.54, 1.807) is 0 Å². The quantitative estimate of drug-likeness (QED) is 0.691. The van der Waals surface area contributed by atoms with E-state index in [4.69, 9.17) is 10.5 Å². The number of alkyl halides is 1. The van der Waals surface area contributed by atoms with Crippen LogP contribution >= 0.6 is 0 Å². The first-order valence-corrected chi connectivity index (χ1v) is 3.38. The molecule has 0 saturated carbocycles. The molecule has 0 aliphatic carbocycles. The van der Waals surface area contributed by atoms with Crippen molar-refractivity contribution in [3.05, 3.63) is 29.6 Å². The Hall–Kier alpha value is -1.16. The lowest BCUT2D eigenvalue weighted by molar-refractivity contribution is 0.342. The number of methoxy groups -OCH3 is 1. The van der Waals surface area contributed by atoms with Crippen LogP contribution in [0.5, 0.6) is 5.75 Å². The molecule has 0 aliphatic rings. The molecule has 1 aromatic carbocycles. The zero-order chi connectivity index (χ0) is 9.14. The van der Waals surface area contributed by atoms with Crippen molar-refractivity contribution >= 4 is 0 Å². The Kier molecular flexibility index (Phi) is 2.60. The standard InChI is InChI=1S/C8H9F2NO/c1-12-5-2-3-6(8(10)11)7(9)4-5/h2-4,8H,11H2,1H3. The Bertz CT molecular complexity index is 276. The van der Waals surface area contributed by atoms with E-state index in [0.717, 1.165) is 6.07 Å². The summed E-state index contributed by atoms with van der Waals surface area (Å²) in [5.74, 6) is -0.346. The van der Waals surface area contributed by atoms with Crippen LogP contribution in [-0.2, 0) is 0 Å². The lowest BCUT2D eigenvalue weighted by atomic mass is 10.2. The van der Waals surface area contributed by atoms with E-state index in [-0.39, 0.29) is 5.56 Å². The number of halogens is 2. The smallest absolute Gasteiger partial charge is 0.177 e. The fraction of sp³-hybridized carbons (Fsp3) is 0.250. The predicted octanol–water partition coefficient (Wildman–Crippen LogP) is 1.76. The van der Waals surface area contributed by atoms with Gasteiger partial charge >= 0.3 is 0 Å². The maximum Gasteiger partial charge on any atom is 0.177 e. The normalized spacial score (nSPS) is 12.7. The Morgan fingerprint density at radius 2 is 2.17 bits per heavy atom. The first-order valence-electron chi connectivity index (χ1n) is 3.38. The molecule has 1 aromatic rings. The van der Waals surface area contributed by atoms with Crippen LogP contribution in [0.4, 0.5) is 8.78 Å². The van der Waals surface area contributed by atoms with Gasteiger partial charge in [-0.05, 0) is 12.1 Å². The number of rotatable bonds is 2. The fourth-order valence-electron chi connectivity index (χ4n) is 0.858. The van der Waals surface area contributed by atoms with Crippen LogP contribution in [0, 0.1) is 5.82 Å². The highest BCUT2D eigenvalue weighted by molar-refractivity contribution is 5.29. The van der Waals surface area contributed by atoms with E-state index < -0.39 is 12.1 Å². The molecule has 12 heavy (non-hydrogen) atoms. The van der Waals surface area contributed by atoms with Crippen molar-refractivity contribution in [3.8, 4) is 5.75 Å². The molecule has 0 amide bonds. The highest BCUT2D eigenvalue weighted by atomic mass is 19.1. The second kappa shape index (κ2) is 3.49. The monoisotopic (exact) mass is 173 g/mol. The molecule has 0 radical (unpaired) electrons. The predicted molar refractivity (Wildman–Crippen MR) is 41.0 cm³/mol. The van der Waals surface area contributed by atoms with Crippen LogP contribution in [0.3, 0.4) is 0 Å². The van der Waals surface area contributed by atoms with E-state index in [1.807, 2.05) is 0 Å². The van der Waals surface area contributed by atoms with Crippen molar-refractivity contribution in [2.75, 3.05) is 7.11 Å². The van der Waals surface area contributed by atoms with Crippen LogP contribution in [0.15, 0.2) is 18.2 Å². The lowest BCUT2D eigenvalue weighted by Crippen LogP contribution is -2.05. The summed E-state index contributed by atoms with van der Waals surface area (Å²) in [7, 11) is 1.41. The molecule has 66 valence electrons. The molecule has 0 heterocycles. The van der Waals surface area contributed by atoms with Crippen LogP contribution in [0.2, 0.25) is 0 Å². The summed E-state index contributed by atoms with van der Waals surface area (Å²) in [4.78, 5) is 0. The van der Waals surface area contributed by atoms with Crippen molar-refractivity contribution in [1.82, 2.24) is 0 Å². The summed E-state index contributed by atoms with van der Waals surface area (Å²) in [6, 6.07) is 3.81. The van der Waals surface area contributed by atoms with Crippen molar-refractivity contribution in [1.29, 1.82) is 0 Å². The van der Waals surface area contributed by atoms with Gasteiger partial charge in [-0.15, -0.1) is 0 Å². The zero-order valence-electron chi connectivity index (χ0n) is 6.55. The van der Waals surface area contributed by atoms with Crippen LogP contribution < -0.4 is 10.5 Å². The second-order valence-corrected chi connectivity index (χ2v) is 2.29. The maximum absolute atomic E-state index is 12.9. The van der Waals surface area contributed by atoms with Gasteiger partial charge in [0.1, 0.15) is 11.6 Å². The highest BCUT2D eigenvalue weighted by Gasteiger charge is 2.09. The third-order valence-electron chi connectivity index (χ3n) is 1.50. The van der Waals surface area contributed by atoms with Crippen LogP contribution in [0.1, 0.15) is 11.9 Å². The van der Waals surface area contributed by atoms with E-state index in [2.05, 4.69) is 0 Å². The number of hydrogen-bond donors (Lipinski definition) is 1. The summed E-state index contributed by atoms with van der Waals surface area (Å²) in [5, 5.41) is 0. The van der Waals surface area contributed by atoms with Gasteiger partial charge in [0.25, 0.3) is 0 Å². The van der Waals surface area contributed by atoms with Crippen molar-refractivity contribution in [3.63, 3.8) is 0 Å². The van der Waals surface area contributed by atoms with Gasteiger partial charge in [-0.3, -0.25) is 5.73 Å². The zero-order valence-corrected chi connectivity index (χ0v) is 6.55. The van der Waals surface area contributed by atoms with Gasteiger partial charge in [0.05, 0.1) is 7.11 Å². The lowest BCUT2D eigenvalue weighted by Gasteiger charge is -2.05. The average Bonchev–Trinajstić information content (AvgIpc) is 2.03. The molecule has 0 aliphatic heterocycles. The number of ether oxygens (including phenoxy) is 1. The van der Waals surface area contributed by atoms with Gasteiger partial charge in [-0.25, -0.2) is 8.78 Å². The van der Waals surface area contributed by atoms with Crippen molar-refractivity contribution in [2.45, 2.75) is 6.30 Å². The molecule has 0 fully saturated rings. The minimum atomic E-state index is -1.78. The molecule has 1 rings (SSSR count). The van der Waals surface area contributed by atoms with E-state index in [0.29, 0.717) is 5.75 Å². The van der Waals surface area contributed by atoms with Gasteiger partial charge < -0.3 is 4.74 Å². The second-order valence-electron chi connectivity index (χ2n) is 2.29. The molecule has 0 saturated heterocycles. The number of hydrogen-bond acceptors (Lipinski definition) is 2. The summed E-state index contributed by atoms with van der Waals surface area (Å²) in [6.07, 6.45) is -1.78. The van der Waals surface area contributed by atoms with E-state index >= 15 is 0 Å². The minimum Gasteiger partial charge on any atom is -0.497 e. The average molecular weight is 173 g/mol. The molecule has 2 N–H and O–H groups in total. The van der Waals surface area contributed by atoms with E-state index in [9.17, 15) is 8.78 Å². The fourth-order valence-corrected chi connectivity index (χ4v) is 0.858. The molecule has 1 unspecified atom stereocenters. The van der Waals surface area contributed by atoms with E-state index in [1.165, 1.54) is 19.2 Å². The third-order valence-corrected chi connectivity index (χ3v) is 1.50. The Morgan fingerprint density at radius 1 is 1.50 bits per heavy atom. The topological polar surface area (TPSA) is 35.2 Å². The van der Waals surface area contributed by atoms with Gasteiger partial charge in [-0.2, -0.15) is 0 Å². The largest absolute Gasteiger partial charge is 0.497 e. The summed E-state index contributed by atoms with van der Waals surface area (Å²) in [5.41, 5.74) is 4.70. The van der Waals surface area contributed by atoms with Crippen molar-refractivity contribution < 1.29 is 13.5 Å². The molecule has 0 bridgehead atoms.